The van der Waals surface area contributed by atoms with Gasteiger partial charge in [-0.2, -0.15) is 0 Å². The quantitative estimate of drug-likeness (QED) is 0.268. The first-order valence-corrected chi connectivity index (χ1v) is 6.78. The van der Waals surface area contributed by atoms with E-state index in [-0.39, 0.29) is 27.1 Å². The number of methoxy groups -OCH3 is 1. The van der Waals surface area contributed by atoms with Crippen LogP contribution in [0.1, 0.15) is 10.4 Å². The molecule has 0 aromatic heterocycles. The summed E-state index contributed by atoms with van der Waals surface area (Å²) in [6.45, 7) is 0. The second kappa shape index (κ2) is 6.80. The van der Waals surface area contributed by atoms with E-state index in [1.165, 1.54) is 19.2 Å². The Kier molecular flexibility index (Phi) is 5.02. The third kappa shape index (κ3) is 3.69. The van der Waals surface area contributed by atoms with Gasteiger partial charge in [0, 0.05) is 0 Å². The molecule has 0 unspecified atom stereocenters. The maximum atomic E-state index is 13.4. The van der Waals surface area contributed by atoms with Gasteiger partial charge in [-0.3, -0.25) is 10.1 Å². The summed E-state index contributed by atoms with van der Waals surface area (Å²) in [5.74, 6) is -2.04. The highest BCUT2D eigenvalue weighted by Gasteiger charge is 2.22. The zero-order valence-electron chi connectivity index (χ0n) is 11.5. The molecule has 6 nitrogen and oxygen atoms in total. The van der Waals surface area contributed by atoms with E-state index in [2.05, 4.69) is 0 Å². The van der Waals surface area contributed by atoms with Crippen LogP contribution in [-0.2, 0) is 0 Å². The van der Waals surface area contributed by atoms with Crippen molar-refractivity contribution in [3.63, 3.8) is 0 Å². The molecule has 0 spiro atoms. The van der Waals surface area contributed by atoms with E-state index in [0.717, 1.165) is 18.2 Å². The Hall–Kier alpha value is -2.38. The lowest BCUT2D eigenvalue weighted by atomic mass is 10.2. The monoisotopic (exact) mass is 359 g/mol. The number of benzene rings is 2. The molecule has 0 atom stereocenters. The van der Waals surface area contributed by atoms with Crippen molar-refractivity contribution in [3.8, 4) is 11.5 Å². The van der Waals surface area contributed by atoms with Crippen molar-refractivity contribution in [2.45, 2.75) is 0 Å². The molecule has 0 aliphatic carbocycles. The molecule has 0 N–H and O–H groups in total. The van der Waals surface area contributed by atoms with E-state index in [9.17, 15) is 19.3 Å². The lowest BCUT2D eigenvalue weighted by Gasteiger charge is -2.08. The maximum absolute atomic E-state index is 13.4. The molecule has 0 bridgehead atoms. The maximum Gasteiger partial charge on any atom is 0.345 e. The van der Waals surface area contributed by atoms with E-state index < -0.39 is 22.4 Å². The summed E-state index contributed by atoms with van der Waals surface area (Å²) in [6, 6.07) is 5.49. The van der Waals surface area contributed by atoms with Crippen LogP contribution in [0.3, 0.4) is 0 Å². The first-order chi connectivity index (χ1) is 10.8. The van der Waals surface area contributed by atoms with E-state index in [1.807, 2.05) is 0 Å². The molecule has 0 aliphatic heterocycles. The van der Waals surface area contributed by atoms with Gasteiger partial charge >= 0.3 is 11.7 Å². The lowest BCUT2D eigenvalue weighted by Crippen LogP contribution is -2.11. The summed E-state index contributed by atoms with van der Waals surface area (Å²) in [4.78, 5) is 22.3. The average Bonchev–Trinajstić information content (AvgIpc) is 2.50. The average molecular weight is 360 g/mol. The fourth-order valence-electron chi connectivity index (χ4n) is 1.69. The molecule has 120 valence electrons. The molecule has 2 aromatic carbocycles. The second-order valence-electron chi connectivity index (χ2n) is 4.23. The van der Waals surface area contributed by atoms with Crippen LogP contribution in [0.5, 0.6) is 11.5 Å². The number of nitro groups is 1. The van der Waals surface area contributed by atoms with Crippen LogP contribution in [0.4, 0.5) is 10.1 Å². The molecule has 0 radical (unpaired) electrons. The Morgan fingerprint density at radius 1 is 1.22 bits per heavy atom. The number of nitro benzene ring substituents is 1. The molecule has 2 rings (SSSR count). The van der Waals surface area contributed by atoms with E-state index in [1.54, 1.807) is 0 Å². The van der Waals surface area contributed by atoms with Crippen LogP contribution in [0.2, 0.25) is 10.0 Å². The van der Waals surface area contributed by atoms with Gasteiger partial charge in [0.25, 0.3) is 0 Å². The van der Waals surface area contributed by atoms with Gasteiger partial charge in [0.2, 0.25) is 5.75 Å². The van der Waals surface area contributed by atoms with Gasteiger partial charge in [0.1, 0.15) is 11.6 Å². The minimum atomic E-state index is -1.06. The molecule has 0 saturated carbocycles. The van der Waals surface area contributed by atoms with Gasteiger partial charge in [0.15, 0.2) is 0 Å². The van der Waals surface area contributed by atoms with Gasteiger partial charge in [0.05, 0.1) is 33.7 Å². The molecule has 23 heavy (non-hydrogen) atoms. The molecular formula is C14H8Cl2FNO5. The molecule has 0 saturated heterocycles. The number of rotatable bonds is 4. The summed E-state index contributed by atoms with van der Waals surface area (Å²) >= 11 is 11.3. The Bertz CT molecular complexity index is 797. The zero-order chi connectivity index (χ0) is 17.1. The van der Waals surface area contributed by atoms with Crippen molar-refractivity contribution in [1.82, 2.24) is 0 Å². The van der Waals surface area contributed by atoms with Crippen molar-refractivity contribution < 1.29 is 23.6 Å². The molecule has 9 heteroatoms. The highest BCUT2D eigenvalue weighted by molar-refractivity contribution is 6.36. The Labute approximate surface area is 139 Å². The third-order valence-electron chi connectivity index (χ3n) is 2.80. The number of halogens is 3. The minimum Gasteiger partial charge on any atom is -0.496 e. The number of nitrogens with zero attached hydrogens (tertiary/aromatic N) is 1. The fraction of sp³-hybridized carbons (Fsp3) is 0.0714. The molecule has 0 fully saturated rings. The van der Waals surface area contributed by atoms with Crippen LogP contribution in [-0.4, -0.2) is 18.0 Å². The molecule has 0 aliphatic rings. The Balaban J connectivity index is 2.37. The van der Waals surface area contributed by atoms with Crippen molar-refractivity contribution in [1.29, 1.82) is 0 Å². The van der Waals surface area contributed by atoms with Crippen LogP contribution in [0, 0.1) is 15.9 Å². The number of carbonyl (C=O) groups is 1. The number of carbonyl (C=O) groups excluding carboxylic acids is 1. The van der Waals surface area contributed by atoms with Crippen molar-refractivity contribution in [2.75, 3.05) is 7.11 Å². The summed E-state index contributed by atoms with van der Waals surface area (Å²) < 4.78 is 23.2. The van der Waals surface area contributed by atoms with Crippen LogP contribution in [0.15, 0.2) is 30.3 Å². The number of hydrogen-bond acceptors (Lipinski definition) is 5. The number of esters is 1. The first kappa shape index (κ1) is 17.0. The van der Waals surface area contributed by atoms with Crippen molar-refractivity contribution >= 4 is 34.9 Å². The van der Waals surface area contributed by atoms with Crippen LogP contribution >= 0.6 is 23.2 Å². The topological polar surface area (TPSA) is 78.7 Å². The second-order valence-corrected chi connectivity index (χ2v) is 5.04. The van der Waals surface area contributed by atoms with Gasteiger partial charge in [-0.05, 0) is 24.3 Å². The smallest absolute Gasteiger partial charge is 0.345 e. The molecular weight excluding hydrogens is 352 g/mol. The predicted molar refractivity (Wildman–Crippen MR) is 81.0 cm³/mol. The standard InChI is InChI=1S/C14H8Cl2FNO5/c1-22-7-2-3-13(12(4-7)18(20)21)23-14(19)8-5-11(17)10(16)6-9(8)15/h2-6H,1H3. The fourth-order valence-corrected chi connectivity index (χ4v) is 2.15. The SMILES string of the molecule is COc1ccc(OC(=O)c2cc(F)c(Cl)cc2Cl)c([N+](=O)[O-])c1. The summed E-state index contributed by atoms with van der Waals surface area (Å²) in [5.41, 5.74) is -0.790. The largest absolute Gasteiger partial charge is 0.496 e. The summed E-state index contributed by atoms with van der Waals surface area (Å²) in [5, 5.41) is 10.6. The third-order valence-corrected chi connectivity index (χ3v) is 3.40. The van der Waals surface area contributed by atoms with Gasteiger partial charge in [-0.15, -0.1) is 0 Å². The number of hydrogen-bond donors (Lipinski definition) is 0. The molecule has 0 amide bonds. The Morgan fingerprint density at radius 3 is 2.52 bits per heavy atom. The number of ether oxygens (including phenoxy) is 2. The zero-order valence-corrected chi connectivity index (χ0v) is 13.0. The van der Waals surface area contributed by atoms with Crippen LogP contribution < -0.4 is 9.47 Å². The minimum absolute atomic E-state index is 0.141. The van der Waals surface area contributed by atoms with E-state index in [0.29, 0.717) is 0 Å². The van der Waals surface area contributed by atoms with Crippen molar-refractivity contribution in [3.05, 3.63) is 61.9 Å². The first-order valence-electron chi connectivity index (χ1n) is 6.02. The van der Waals surface area contributed by atoms with Crippen LogP contribution in [0.25, 0.3) is 0 Å². The molecule has 0 heterocycles. The normalized spacial score (nSPS) is 10.3. The molecule has 2 aromatic rings. The van der Waals surface area contributed by atoms with E-state index >= 15 is 0 Å². The predicted octanol–water partition coefficient (Wildman–Crippen LogP) is 4.27. The lowest BCUT2D eigenvalue weighted by molar-refractivity contribution is -0.385. The summed E-state index contributed by atoms with van der Waals surface area (Å²) in [7, 11) is 1.33. The van der Waals surface area contributed by atoms with Gasteiger partial charge in [-0.25, -0.2) is 9.18 Å². The summed E-state index contributed by atoms with van der Waals surface area (Å²) in [6.07, 6.45) is 0. The highest BCUT2D eigenvalue weighted by atomic mass is 35.5. The highest BCUT2D eigenvalue weighted by Crippen LogP contribution is 2.32. The Morgan fingerprint density at radius 2 is 1.91 bits per heavy atom. The van der Waals surface area contributed by atoms with Gasteiger partial charge < -0.3 is 9.47 Å². The van der Waals surface area contributed by atoms with Crippen molar-refractivity contribution in [2.24, 2.45) is 0 Å². The van der Waals surface area contributed by atoms with E-state index in [4.69, 9.17) is 32.7 Å². The van der Waals surface area contributed by atoms with Gasteiger partial charge in [-0.1, -0.05) is 23.2 Å².